The zero-order chi connectivity index (χ0) is 21.6. The number of benzene rings is 3. The predicted molar refractivity (Wildman–Crippen MR) is 119 cm³/mol. The summed E-state index contributed by atoms with van der Waals surface area (Å²) in [5.41, 5.74) is 2.71. The number of rotatable bonds is 7. The normalized spacial score (nSPS) is 11.3. The van der Waals surface area contributed by atoms with Gasteiger partial charge in [-0.1, -0.05) is 30.3 Å². The Morgan fingerprint density at radius 3 is 2.37 bits per heavy atom. The average Bonchev–Trinajstić information content (AvgIpc) is 2.72. The summed E-state index contributed by atoms with van der Waals surface area (Å²) in [4.78, 5) is 12.3. The fourth-order valence-electron chi connectivity index (χ4n) is 2.79. The third-order valence-corrected chi connectivity index (χ3v) is 5.65. The molecule has 1 amide bonds. The summed E-state index contributed by atoms with van der Waals surface area (Å²) in [6.07, 6.45) is 3.04. The Hall–Kier alpha value is -3.58. The van der Waals surface area contributed by atoms with Gasteiger partial charge in [-0.2, -0.15) is 0 Å². The number of para-hydroxylation sites is 1. The van der Waals surface area contributed by atoms with E-state index in [1.807, 2.05) is 37.3 Å². The molecular weight excluding hydrogens is 400 g/mol. The van der Waals surface area contributed by atoms with Crippen LogP contribution in [0.1, 0.15) is 11.1 Å². The Bertz CT molecular complexity index is 1170. The number of aryl methyl sites for hydroxylation is 1. The van der Waals surface area contributed by atoms with Crippen LogP contribution in [-0.2, 0) is 14.8 Å². The van der Waals surface area contributed by atoms with E-state index in [1.165, 1.54) is 18.2 Å². The largest absolute Gasteiger partial charge is 0.496 e. The second kappa shape index (κ2) is 9.28. The van der Waals surface area contributed by atoms with Crippen molar-refractivity contribution in [2.24, 2.45) is 0 Å². The lowest BCUT2D eigenvalue weighted by Gasteiger charge is -2.09. The first-order valence-corrected chi connectivity index (χ1v) is 10.7. The van der Waals surface area contributed by atoms with Crippen LogP contribution in [0, 0.1) is 6.92 Å². The highest BCUT2D eigenvalue weighted by atomic mass is 32.2. The van der Waals surface area contributed by atoms with Crippen molar-refractivity contribution >= 4 is 33.4 Å². The Labute approximate surface area is 176 Å². The Morgan fingerprint density at radius 2 is 1.67 bits per heavy atom. The summed E-state index contributed by atoms with van der Waals surface area (Å²) in [6.45, 7) is 1.89. The summed E-state index contributed by atoms with van der Waals surface area (Å²) < 4.78 is 32.9. The van der Waals surface area contributed by atoms with E-state index in [2.05, 4.69) is 10.0 Å². The first kappa shape index (κ1) is 21.1. The number of carbonyl (C=O) groups is 1. The van der Waals surface area contributed by atoms with Crippen LogP contribution in [0.15, 0.2) is 83.8 Å². The highest BCUT2D eigenvalue weighted by Gasteiger charge is 2.14. The zero-order valence-corrected chi connectivity index (χ0v) is 17.4. The van der Waals surface area contributed by atoms with Crippen molar-refractivity contribution in [3.05, 3.63) is 90.0 Å². The average molecular weight is 423 g/mol. The Morgan fingerprint density at radius 1 is 0.933 bits per heavy atom. The minimum atomic E-state index is -3.72. The van der Waals surface area contributed by atoms with Gasteiger partial charge >= 0.3 is 0 Å². The number of amides is 1. The van der Waals surface area contributed by atoms with Gasteiger partial charge in [0.1, 0.15) is 5.75 Å². The number of carbonyl (C=O) groups excluding carboxylic acids is 1. The SMILES string of the molecule is COc1ccccc1/C=C/C(=O)Nc1ccc(S(=O)(=O)Nc2cccc(C)c2)cc1. The molecule has 6 nitrogen and oxygen atoms in total. The molecule has 0 fully saturated rings. The van der Waals surface area contributed by atoms with Gasteiger partial charge in [-0.15, -0.1) is 0 Å². The molecule has 0 saturated heterocycles. The summed E-state index contributed by atoms with van der Waals surface area (Å²) in [7, 11) is -2.15. The highest BCUT2D eigenvalue weighted by Crippen LogP contribution is 2.20. The Kier molecular flexibility index (Phi) is 6.54. The van der Waals surface area contributed by atoms with Gasteiger partial charge in [-0.3, -0.25) is 9.52 Å². The first-order chi connectivity index (χ1) is 14.4. The van der Waals surface area contributed by atoms with Crippen LogP contribution in [0.25, 0.3) is 6.08 Å². The van der Waals surface area contributed by atoms with Crippen molar-refractivity contribution in [1.82, 2.24) is 0 Å². The number of anilines is 2. The van der Waals surface area contributed by atoms with Gasteiger partial charge in [-0.25, -0.2) is 8.42 Å². The molecule has 0 aliphatic heterocycles. The second-order valence-electron chi connectivity index (χ2n) is 6.56. The quantitative estimate of drug-likeness (QED) is 0.551. The number of methoxy groups -OCH3 is 1. The molecule has 7 heteroatoms. The molecule has 0 atom stereocenters. The van der Waals surface area contributed by atoms with Gasteiger partial charge in [0.2, 0.25) is 5.91 Å². The van der Waals surface area contributed by atoms with E-state index in [4.69, 9.17) is 4.74 Å². The molecule has 0 bridgehead atoms. The summed E-state index contributed by atoms with van der Waals surface area (Å²) in [5, 5.41) is 2.70. The lowest BCUT2D eigenvalue weighted by Crippen LogP contribution is -2.13. The predicted octanol–water partition coefficient (Wildman–Crippen LogP) is 4.46. The maximum absolute atomic E-state index is 12.5. The summed E-state index contributed by atoms with van der Waals surface area (Å²) in [5.74, 6) is 0.326. The number of ether oxygens (including phenoxy) is 1. The molecule has 30 heavy (non-hydrogen) atoms. The molecule has 154 valence electrons. The van der Waals surface area contributed by atoms with Crippen LogP contribution < -0.4 is 14.8 Å². The Balaban J connectivity index is 1.66. The van der Waals surface area contributed by atoms with Crippen LogP contribution in [0.2, 0.25) is 0 Å². The van der Waals surface area contributed by atoms with Crippen LogP contribution in [-0.4, -0.2) is 21.4 Å². The minimum absolute atomic E-state index is 0.103. The van der Waals surface area contributed by atoms with Crippen molar-refractivity contribution in [3.8, 4) is 5.75 Å². The molecular formula is C23H22N2O4S. The van der Waals surface area contributed by atoms with Gasteiger partial charge in [0, 0.05) is 23.0 Å². The van der Waals surface area contributed by atoms with Gasteiger partial charge in [0.05, 0.1) is 12.0 Å². The number of hydrogen-bond donors (Lipinski definition) is 2. The molecule has 0 aliphatic carbocycles. The molecule has 0 radical (unpaired) electrons. The van der Waals surface area contributed by atoms with Gasteiger partial charge in [0.15, 0.2) is 0 Å². The molecule has 2 N–H and O–H groups in total. The van der Waals surface area contributed by atoms with Crippen molar-refractivity contribution in [1.29, 1.82) is 0 Å². The third kappa shape index (κ3) is 5.48. The maximum Gasteiger partial charge on any atom is 0.261 e. The lowest BCUT2D eigenvalue weighted by atomic mass is 10.2. The van der Waals surface area contributed by atoms with Gasteiger partial charge in [0.25, 0.3) is 10.0 Å². The van der Waals surface area contributed by atoms with Crippen LogP contribution in [0.4, 0.5) is 11.4 Å². The fraction of sp³-hybridized carbons (Fsp3) is 0.0870. The monoisotopic (exact) mass is 422 g/mol. The number of nitrogens with one attached hydrogen (secondary N) is 2. The molecule has 0 spiro atoms. The zero-order valence-electron chi connectivity index (χ0n) is 16.6. The van der Waals surface area contributed by atoms with Gasteiger partial charge < -0.3 is 10.1 Å². The molecule has 0 saturated carbocycles. The van der Waals surface area contributed by atoms with E-state index >= 15 is 0 Å². The first-order valence-electron chi connectivity index (χ1n) is 9.19. The fourth-order valence-corrected chi connectivity index (χ4v) is 3.84. The molecule has 3 rings (SSSR count). The molecule has 0 aliphatic rings. The highest BCUT2D eigenvalue weighted by molar-refractivity contribution is 7.92. The number of sulfonamides is 1. The van der Waals surface area contributed by atoms with E-state index in [1.54, 1.807) is 43.5 Å². The minimum Gasteiger partial charge on any atom is -0.496 e. The van der Waals surface area contributed by atoms with Crippen LogP contribution in [0.5, 0.6) is 5.75 Å². The lowest BCUT2D eigenvalue weighted by molar-refractivity contribution is -0.111. The van der Waals surface area contributed by atoms with E-state index in [-0.39, 0.29) is 10.8 Å². The standard InChI is InChI=1S/C23H22N2O4S/c1-17-6-5-8-20(16-17)25-30(27,28)21-13-11-19(12-14-21)24-23(26)15-10-18-7-3-4-9-22(18)29-2/h3-16,25H,1-2H3,(H,24,26)/b15-10+. The molecule has 0 heterocycles. The molecule has 0 aromatic heterocycles. The van der Waals surface area contributed by atoms with E-state index in [0.29, 0.717) is 17.1 Å². The maximum atomic E-state index is 12.5. The summed E-state index contributed by atoms with van der Waals surface area (Å²) >= 11 is 0. The molecule has 3 aromatic rings. The third-order valence-electron chi connectivity index (χ3n) is 4.26. The van der Waals surface area contributed by atoms with Crippen molar-refractivity contribution < 1.29 is 17.9 Å². The van der Waals surface area contributed by atoms with Crippen molar-refractivity contribution in [3.63, 3.8) is 0 Å². The second-order valence-corrected chi connectivity index (χ2v) is 8.25. The summed E-state index contributed by atoms with van der Waals surface area (Å²) in [6, 6.07) is 20.4. The van der Waals surface area contributed by atoms with Crippen molar-refractivity contribution in [2.75, 3.05) is 17.1 Å². The van der Waals surface area contributed by atoms with Crippen molar-refractivity contribution in [2.45, 2.75) is 11.8 Å². The van der Waals surface area contributed by atoms with Gasteiger partial charge in [-0.05, 0) is 61.0 Å². The molecule has 3 aromatic carbocycles. The van der Waals surface area contributed by atoms with E-state index < -0.39 is 10.0 Å². The smallest absolute Gasteiger partial charge is 0.261 e. The molecule has 0 unspecified atom stereocenters. The van der Waals surface area contributed by atoms with Crippen LogP contribution in [0.3, 0.4) is 0 Å². The topological polar surface area (TPSA) is 84.5 Å². The number of hydrogen-bond acceptors (Lipinski definition) is 4. The van der Waals surface area contributed by atoms with Crippen LogP contribution >= 0.6 is 0 Å². The van der Waals surface area contributed by atoms with E-state index in [9.17, 15) is 13.2 Å². The van der Waals surface area contributed by atoms with E-state index in [0.717, 1.165) is 11.1 Å².